The molecule has 2 amide bonds. The van der Waals surface area contributed by atoms with Crippen LogP contribution >= 0.6 is 23.2 Å². The molecule has 4 nitrogen and oxygen atoms in total. The molecule has 1 fully saturated rings. The number of nitrogens with one attached hydrogen (secondary N) is 2. The maximum absolute atomic E-state index is 12.9. The summed E-state index contributed by atoms with van der Waals surface area (Å²) in [5, 5.41) is 7.06. The van der Waals surface area contributed by atoms with Crippen molar-refractivity contribution in [1.29, 1.82) is 0 Å². The van der Waals surface area contributed by atoms with Gasteiger partial charge in [-0.3, -0.25) is 9.59 Å². The molecule has 0 heterocycles. The van der Waals surface area contributed by atoms with Gasteiger partial charge in [-0.15, -0.1) is 0 Å². The molecule has 4 rings (SSSR count). The Labute approximate surface area is 167 Å². The monoisotopic (exact) mass is 400 g/mol. The predicted octanol–water partition coefficient (Wildman–Crippen LogP) is 5.01. The van der Waals surface area contributed by atoms with Gasteiger partial charge in [0.1, 0.15) is 0 Å². The van der Waals surface area contributed by atoms with Crippen LogP contribution in [-0.4, -0.2) is 11.8 Å². The average molecular weight is 401 g/mol. The van der Waals surface area contributed by atoms with Gasteiger partial charge in [-0.05, 0) is 66.8 Å². The highest BCUT2D eigenvalue weighted by Crippen LogP contribution is 2.48. The smallest absolute Gasteiger partial charge is 0.228 e. The standard InChI is InChI=1S/C21H18Cl2N2O2/c22-14-3-7-16(8-4-14)24-20(26)18-12-1-2-13(11-12)19(18)21(27)25-17-9-5-15(23)6-10-17/h1-10,12-13,18-19H,11H2,(H,24,26)(H,25,27)/t12-,13+,18-,19-/m0/s1. The molecule has 2 bridgehead atoms. The molecule has 0 saturated heterocycles. The first-order valence-corrected chi connectivity index (χ1v) is 9.58. The molecule has 1 saturated carbocycles. The zero-order valence-corrected chi connectivity index (χ0v) is 15.9. The van der Waals surface area contributed by atoms with E-state index in [2.05, 4.69) is 22.8 Å². The number of hydrogen-bond donors (Lipinski definition) is 2. The third-order valence-corrected chi connectivity index (χ3v) is 5.79. The first kappa shape index (κ1) is 18.1. The summed E-state index contributed by atoms with van der Waals surface area (Å²) in [7, 11) is 0. The summed E-state index contributed by atoms with van der Waals surface area (Å²) in [4.78, 5) is 25.9. The van der Waals surface area contributed by atoms with E-state index in [-0.39, 0.29) is 35.5 Å². The average Bonchev–Trinajstić information content (AvgIpc) is 3.27. The van der Waals surface area contributed by atoms with E-state index >= 15 is 0 Å². The van der Waals surface area contributed by atoms with Crippen LogP contribution in [0.1, 0.15) is 6.42 Å². The van der Waals surface area contributed by atoms with Crippen molar-refractivity contribution in [3.8, 4) is 0 Å². The number of carbonyl (C=O) groups is 2. The normalized spacial score (nSPS) is 25.4. The molecular formula is C21H18Cl2N2O2. The SMILES string of the molecule is O=C(Nc1ccc(Cl)cc1)[C@@H]1[C@@H](C(=O)Nc2ccc(Cl)cc2)[C@H]2C=C[C@@H]1C2. The molecule has 0 unspecified atom stereocenters. The molecule has 0 spiro atoms. The number of allylic oxidation sites excluding steroid dienone is 2. The topological polar surface area (TPSA) is 58.2 Å². The van der Waals surface area contributed by atoms with Crippen molar-refractivity contribution in [2.45, 2.75) is 6.42 Å². The molecule has 0 radical (unpaired) electrons. The molecule has 0 aliphatic heterocycles. The van der Waals surface area contributed by atoms with Gasteiger partial charge in [-0.25, -0.2) is 0 Å². The fourth-order valence-corrected chi connectivity index (χ4v) is 4.31. The number of benzene rings is 2. The van der Waals surface area contributed by atoms with E-state index in [0.29, 0.717) is 21.4 Å². The Morgan fingerprint density at radius 3 is 1.44 bits per heavy atom. The third-order valence-electron chi connectivity index (χ3n) is 5.29. The minimum Gasteiger partial charge on any atom is -0.326 e. The molecular weight excluding hydrogens is 383 g/mol. The summed E-state index contributed by atoms with van der Waals surface area (Å²) in [5.41, 5.74) is 1.35. The molecule has 2 aromatic rings. The quantitative estimate of drug-likeness (QED) is 0.708. The molecule has 138 valence electrons. The van der Waals surface area contributed by atoms with Gasteiger partial charge in [0.15, 0.2) is 0 Å². The lowest BCUT2D eigenvalue weighted by atomic mass is 9.81. The van der Waals surface area contributed by atoms with E-state index in [9.17, 15) is 9.59 Å². The van der Waals surface area contributed by atoms with Crippen molar-refractivity contribution >= 4 is 46.4 Å². The Balaban J connectivity index is 1.51. The lowest BCUT2D eigenvalue weighted by Crippen LogP contribution is -2.39. The highest BCUT2D eigenvalue weighted by Gasteiger charge is 2.51. The third kappa shape index (κ3) is 3.73. The maximum Gasteiger partial charge on any atom is 0.228 e. The second-order valence-electron chi connectivity index (χ2n) is 6.99. The summed E-state index contributed by atoms with van der Waals surface area (Å²) >= 11 is 11.8. The van der Waals surface area contributed by atoms with Gasteiger partial charge in [0.25, 0.3) is 0 Å². The van der Waals surface area contributed by atoms with Crippen LogP contribution in [0.3, 0.4) is 0 Å². The van der Waals surface area contributed by atoms with Gasteiger partial charge < -0.3 is 10.6 Å². The number of hydrogen-bond acceptors (Lipinski definition) is 2. The lowest BCUT2D eigenvalue weighted by molar-refractivity contribution is -0.129. The Morgan fingerprint density at radius 2 is 1.07 bits per heavy atom. The van der Waals surface area contributed by atoms with E-state index in [0.717, 1.165) is 6.42 Å². The molecule has 0 aromatic heterocycles. The van der Waals surface area contributed by atoms with E-state index in [1.54, 1.807) is 48.5 Å². The number of anilines is 2. The number of halogens is 2. The van der Waals surface area contributed by atoms with Crippen LogP contribution in [0.15, 0.2) is 60.7 Å². The van der Waals surface area contributed by atoms with Crippen LogP contribution in [0.2, 0.25) is 10.0 Å². The molecule has 2 N–H and O–H groups in total. The van der Waals surface area contributed by atoms with Crippen LogP contribution < -0.4 is 10.6 Å². The van der Waals surface area contributed by atoms with Gasteiger partial charge in [0, 0.05) is 21.4 Å². The fourth-order valence-electron chi connectivity index (χ4n) is 4.05. The highest BCUT2D eigenvalue weighted by atomic mass is 35.5. The maximum atomic E-state index is 12.9. The second kappa shape index (κ2) is 7.37. The van der Waals surface area contributed by atoms with Gasteiger partial charge in [0.05, 0.1) is 11.8 Å². The van der Waals surface area contributed by atoms with E-state index in [4.69, 9.17) is 23.2 Å². The van der Waals surface area contributed by atoms with E-state index in [1.807, 2.05) is 0 Å². The Morgan fingerprint density at radius 1 is 0.704 bits per heavy atom. The predicted molar refractivity (Wildman–Crippen MR) is 108 cm³/mol. The molecule has 4 atom stereocenters. The first-order valence-electron chi connectivity index (χ1n) is 8.82. The van der Waals surface area contributed by atoms with Gasteiger partial charge in [-0.1, -0.05) is 35.4 Å². The summed E-state index contributed by atoms with van der Waals surface area (Å²) in [6.07, 6.45) is 4.95. The van der Waals surface area contributed by atoms with Crippen molar-refractivity contribution in [3.63, 3.8) is 0 Å². The fraction of sp³-hybridized carbons (Fsp3) is 0.238. The number of carbonyl (C=O) groups excluding carboxylic acids is 2. The summed E-state index contributed by atoms with van der Waals surface area (Å²) in [5.74, 6) is -0.867. The molecule has 2 aliphatic rings. The minimum absolute atomic E-state index is 0.0864. The van der Waals surface area contributed by atoms with Crippen LogP contribution in [0.4, 0.5) is 11.4 Å². The van der Waals surface area contributed by atoms with Crippen molar-refractivity contribution in [1.82, 2.24) is 0 Å². The number of amides is 2. The first-order chi connectivity index (χ1) is 13.0. The zero-order valence-electron chi connectivity index (χ0n) is 14.4. The Hall–Kier alpha value is -2.30. The van der Waals surface area contributed by atoms with Crippen molar-refractivity contribution in [2.75, 3.05) is 10.6 Å². The summed E-state index contributed by atoms with van der Waals surface area (Å²) in [6, 6.07) is 13.9. The van der Waals surface area contributed by atoms with E-state index in [1.165, 1.54) is 0 Å². The lowest BCUT2D eigenvalue weighted by Gasteiger charge is -2.26. The van der Waals surface area contributed by atoms with Gasteiger partial charge in [-0.2, -0.15) is 0 Å². The highest BCUT2D eigenvalue weighted by molar-refractivity contribution is 6.31. The van der Waals surface area contributed by atoms with E-state index < -0.39 is 0 Å². The molecule has 6 heteroatoms. The summed E-state index contributed by atoms with van der Waals surface area (Å²) < 4.78 is 0. The second-order valence-corrected chi connectivity index (χ2v) is 7.87. The zero-order chi connectivity index (χ0) is 19.0. The molecule has 2 aliphatic carbocycles. The summed E-state index contributed by atoms with van der Waals surface area (Å²) in [6.45, 7) is 0. The Bertz CT molecular complexity index is 820. The minimum atomic E-state index is -0.386. The molecule has 27 heavy (non-hydrogen) atoms. The number of rotatable bonds is 4. The largest absolute Gasteiger partial charge is 0.326 e. The van der Waals surface area contributed by atoms with Crippen LogP contribution in [0.5, 0.6) is 0 Å². The molecule has 2 aromatic carbocycles. The van der Waals surface area contributed by atoms with Crippen molar-refractivity contribution in [3.05, 3.63) is 70.7 Å². The van der Waals surface area contributed by atoms with Crippen molar-refractivity contribution in [2.24, 2.45) is 23.7 Å². The van der Waals surface area contributed by atoms with Crippen LogP contribution in [-0.2, 0) is 9.59 Å². The van der Waals surface area contributed by atoms with Gasteiger partial charge in [0.2, 0.25) is 11.8 Å². The van der Waals surface area contributed by atoms with Gasteiger partial charge >= 0.3 is 0 Å². The van der Waals surface area contributed by atoms with Crippen LogP contribution in [0, 0.1) is 23.7 Å². The van der Waals surface area contributed by atoms with Crippen molar-refractivity contribution < 1.29 is 9.59 Å². The number of fused-ring (bicyclic) bond motifs is 2. The van der Waals surface area contributed by atoms with Crippen LogP contribution in [0.25, 0.3) is 0 Å². The Kier molecular flexibility index (Phi) is 4.94.